The molecule has 0 spiro atoms. The van der Waals surface area contributed by atoms with Crippen LogP contribution in [0.5, 0.6) is 5.75 Å². The van der Waals surface area contributed by atoms with Crippen LogP contribution in [-0.4, -0.2) is 25.3 Å². The molecular formula is C17H28N2O3. The van der Waals surface area contributed by atoms with Crippen molar-refractivity contribution in [2.75, 3.05) is 24.3 Å². The zero-order valence-electron chi connectivity index (χ0n) is 14.7. The molecule has 0 fully saturated rings. The summed E-state index contributed by atoms with van der Waals surface area (Å²) in [6.45, 7) is 12.8. The van der Waals surface area contributed by atoms with Gasteiger partial charge in [0.1, 0.15) is 11.4 Å². The Kier molecular flexibility index (Phi) is 5.69. The predicted molar refractivity (Wildman–Crippen MR) is 90.8 cm³/mol. The molecule has 0 aliphatic rings. The predicted octanol–water partition coefficient (Wildman–Crippen LogP) is 4.50. The van der Waals surface area contributed by atoms with Gasteiger partial charge in [0.25, 0.3) is 0 Å². The summed E-state index contributed by atoms with van der Waals surface area (Å²) in [6, 6.07) is 5.56. The van der Waals surface area contributed by atoms with Crippen LogP contribution in [0.15, 0.2) is 18.2 Å². The van der Waals surface area contributed by atoms with Gasteiger partial charge < -0.3 is 14.8 Å². The summed E-state index contributed by atoms with van der Waals surface area (Å²) in [6.07, 6.45) is -0.499. The van der Waals surface area contributed by atoms with E-state index in [9.17, 15) is 4.79 Å². The molecule has 1 aromatic rings. The quantitative estimate of drug-likeness (QED) is 0.859. The van der Waals surface area contributed by atoms with Crippen LogP contribution in [0.25, 0.3) is 0 Å². The topological polar surface area (TPSA) is 59.6 Å². The lowest BCUT2D eigenvalue weighted by Crippen LogP contribution is -2.27. The summed E-state index contributed by atoms with van der Waals surface area (Å²) in [5, 5.41) is 6.06. The maximum Gasteiger partial charge on any atom is 0.412 e. The van der Waals surface area contributed by atoms with Crippen LogP contribution in [0.3, 0.4) is 0 Å². The highest BCUT2D eigenvalue weighted by Gasteiger charge is 2.18. The minimum Gasteiger partial charge on any atom is -0.494 e. The maximum atomic E-state index is 11.8. The smallest absolute Gasteiger partial charge is 0.412 e. The van der Waals surface area contributed by atoms with E-state index in [1.807, 2.05) is 32.9 Å². The number of rotatable bonds is 4. The van der Waals surface area contributed by atoms with Crippen molar-refractivity contribution in [3.05, 3.63) is 18.2 Å². The summed E-state index contributed by atoms with van der Waals surface area (Å²) < 4.78 is 10.6. The number of amides is 1. The standard InChI is InChI=1S/C17H28N2O3/c1-16(2,3)11-18-12-8-9-13(14(10-12)21-7)19-15(20)22-17(4,5)6/h8-10,18H,11H2,1-7H3,(H,19,20). The molecule has 0 heterocycles. The van der Waals surface area contributed by atoms with E-state index in [0.717, 1.165) is 12.2 Å². The molecule has 22 heavy (non-hydrogen) atoms. The normalized spacial score (nSPS) is 11.8. The fraction of sp³-hybridized carbons (Fsp3) is 0.588. The van der Waals surface area contributed by atoms with Gasteiger partial charge in [0.2, 0.25) is 0 Å². The molecule has 0 radical (unpaired) electrons. The first kappa shape index (κ1) is 18.1. The number of carbonyl (C=O) groups is 1. The van der Waals surface area contributed by atoms with Crippen molar-refractivity contribution in [1.29, 1.82) is 0 Å². The van der Waals surface area contributed by atoms with Crippen molar-refractivity contribution in [3.63, 3.8) is 0 Å². The largest absolute Gasteiger partial charge is 0.494 e. The molecule has 0 saturated heterocycles. The zero-order valence-corrected chi connectivity index (χ0v) is 14.7. The highest BCUT2D eigenvalue weighted by Crippen LogP contribution is 2.29. The van der Waals surface area contributed by atoms with Crippen molar-refractivity contribution in [2.24, 2.45) is 5.41 Å². The van der Waals surface area contributed by atoms with Crippen molar-refractivity contribution >= 4 is 17.5 Å². The van der Waals surface area contributed by atoms with Crippen LogP contribution in [-0.2, 0) is 4.74 Å². The van der Waals surface area contributed by atoms with Crippen LogP contribution in [0.4, 0.5) is 16.2 Å². The van der Waals surface area contributed by atoms with Gasteiger partial charge in [-0.2, -0.15) is 0 Å². The monoisotopic (exact) mass is 308 g/mol. The Bertz CT molecular complexity index is 514. The van der Waals surface area contributed by atoms with Gasteiger partial charge in [-0.15, -0.1) is 0 Å². The highest BCUT2D eigenvalue weighted by atomic mass is 16.6. The minimum atomic E-state index is -0.536. The average Bonchev–Trinajstić information content (AvgIpc) is 2.34. The third kappa shape index (κ3) is 6.70. The van der Waals surface area contributed by atoms with E-state index in [4.69, 9.17) is 9.47 Å². The second-order valence-corrected chi connectivity index (χ2v) is 7.46. The third-order valence-corrected chi connectivity index (χ3v) is 2.66. The SMILES string of the molecule is COc1cc(NCC(C)(C)C)ccc1NC(=O)OC(C)(C)C. The molecule has 2 N–H and O–H groups in total. The number of anilines is 2. The minimum absolute atomic E-state index is 0.181. The molecule has 1 aromatic carbocycles. The first-order valence-corrected chi connectivity index (χ1v) is 7.42. The molecule has 0 unspecified atom stereocenters. The van der Waals surface area contributed by atoms with E-state index in [-0.39, 0.29) is 5.41 Å². The zero-order chi connectivity index (χ0) is 17.0. The number of hydrogen-bond donors (Lipinski definition) is 2. The Morgan fingerprint density at radius 2 is 1.77 bits per heavy atom. The molecule has 0 saturated carbocycles. The van der Waals surface area contributed by atoms with Gasteiger partial charge in [-0.25, -0.2) is 4.79 Å². The number of carbonyl (C=O) groups excluding carboxylic acids is 1. The van der Waals surface area contributed by atoms with E-state index < -0.39 is 11.7 Å². The van der Waals surface area contributed by atoms with Crippen molar-refractivity contribution in [2.45, 2.75) is 47.1 Å². The summed E-state index contributed by atoms with van der Waals surface area (Å²) in [5.41, 5.74) is 1.17. The molecule has 5 heteroatoms. The van der Waals surface area contributed by atoms with Crippen LogP contribution in [0, 0.1) is 5.41 Å². The first-order valence-electron chi connectivity index (χ1n) is 7.42. The van der Waals surface area contributed by atoms with Gasteiger partial charge >= 0.3 is 6.09 Å². The number of nitrogens with one attached hydrogen (secondary N) is 2. The summed E-state index contributed by atoms with van der Waals surface area (Å²) in [5.74, 6) is 0.588. The maximum absolute atomic E-state index is 11.8. The molecule has 0 bridgehead atoms. The van der Waals surface area contributed by atoms with E-state index in [1.54, 1.807) is 13.2 Å². The molecule has 0 atom stereocenters. The summed E-state index contributed by atoms with van der Waals surface area (Å²) in [7, 11) is 1.57. The van der Waals surface area contributed by atoms with Gasteiger partial charge in [0, 0.05) is 18.3 Å². The second-order valence-electron chi connectivity index (χ2n) is 7.46. The molecule has 0 aromatic heterocycles. The van der Waals surface area contributed by atoms with Crippen molar-refractivity contribution < 1.29 is 14.3 Å². The Labute approximate surface area is 133 Å². The van der Waals surface area contributed by atoms with Crippen LogP contribution in [0.1, 0.15) is 41.5 Å². The average molecular weight is 308 g/mol. The molecule has 1 amide bonds. The summed E-state index contributed by atoms with van der Waals surface area (Å²) >= 11 is 0. The van der Waals surface area contributed by atoms with Gasteiger partial charge in [0.05, 0.1) is 12.8 Å². The van der Waals surface area contributed by atoms with Crippen molar-refractivity contribution in [1.82, 2.24) is 0 Å². The van der Waals surface area contributed by atoms with Gasteiger partial charge in [-0.05, 0) is 38.3 Å². The first-order chi connectivity index (χ1) is 10.00. The molecule has 124 valence electrons. The van der Waals surface area contributed by atoms with Crippen LogP contribution < -0.4 is 15.4 Å². The summed E-state index contributed by atoms with van der Waals surface area (Å²) in [4.78, 5) is 11.8. The van der Waals surface area contributed by atoms with Gasteiger partial charge in [-0.3, -0.25) is 5.32 Å². The fourth-order valence-electron chi connectivity index (χ4n) is 1.69. The Balaban J connectivity index is 2.79. The van der Waals surface area contributed by atoms with E-state index in [2.05, 4.69) is 31.4 Å². The second kappa shape index (κ2) is 6.90. The van der Waals surface area contributed by atoms with Gasteiger partial charge in [0.15, 0.2) is 0 Å². The molecular weight excluding hydrogens is 280 g/mol. The number of methoxy groups -OCH3 is 1. The van der Waals surface area contributed by atoms with E-state index >= 15 is 0 Å². The van der Waals surface area contributed by atoms with Gasteiger partial charge in [-0.1, -0.05) is 20.8 Å². The van der Waals surface area contributed by atoms with E-state index in [0.29, 0.717) is 11.4 Å². The fourth-order valence-corrected chi connectivity index (χ4v) is 1.69. The lowest BCUT2D eigenvalue weighted by Gasteiger charge is -2.21. The molecule has 0 aliphatic heterocycles. The van der Waals surface area contributed by atoms with Crippen molar-refractivity contribution in [3.8, 4) is 5.75 Å². The lowest BCUT2D eigenvalue weighted by molar-refractivity contribution is 0.0635. The van der Waals surface area contributed by atoms with Crippen LogP contribution >= 0.6 is 0 Å². The molecule has 0 aliphatic carbocycles. The lowest BCUT2D eigenvalue weighted by atomic mass is 9.97. The molecule has 5 nitrogen and oxygen atoms in total. The number of ether oxygens (including phenoxy) is 2. The Hall–Kier alpha value is -1.91. The third-order valence-electron chi connectivity index (χ3n) is 2.66. The Morgan fingerprint density at radius 3 is 2.27 bits per heavy atom. The number of hydrogen-bond acceptors (Lipinski definition) is 4. The molecule has 1 rings (SSSR count). The number of benzene rings is 1. The Morgan fingerprint density at radius 1 is 1.14 bits per heavy atom. The highest BCUT2D eigenvalue weighted by molar-refractivity contribution is 5.87. The van der Waals surface area contributed by atoms with Crippen LogP contribution in [0.2, 0.25) is 0 Å². The van der Waals surface area contributed by atoms with E-state index in [1.165, 1.54) is 0 Å².